The van der Waals surface area contributed by atoms with Crippen LogP contribution in [0.1, 0.15) is 99.8 Å². The molecule has 0 amide bonds. The molecule has 59 heavy (non-hydrogen) atoms. The molecule has 7 aromatic rings. The fourth-order valence-corrected chi connectivity index (χ4v) is 8.11. The number of aromatic nitrogens is 2. The number of anilines is 2. The lowest BCUT2D eigenvalue weighted by Gasteiger charge is -2.32. The van der Waals surface area contributed by atoms with Gasteiger partial charge in [-0.3, -0.25) is 4.57 Å². The van der Waals surface area contributed by atoms with Crippen molar-refractivity contribution >= 4 is 33.2 Å². The second kappa shape index (κ2) is 14.5. The van der Waals surface area contributed by atoms with Crippen LogP contribution in [0, 0.1) is 5.41 Å². The molecule has 0 fully saturated rings. The molecule has 2 aromatic heterocycles. The van der Waals surface area contributed by atoms with Gasteiger partial charge in [-0.15, -0.1) is 0 Å². The van der Waals surface area contributed by atoms with Gasteiger partial charge in [0.1, 0.15) is 17.3 Å². The summed E-state index contributed by atoms with van der Waals surface area (Å²) in [5.41, 5.74) is 11.8. The highest BCUT2D eigenvalue weighted by Crippen LogP contribution is 2.43. The van der Waals surface area contributed by atoms with Gasteiger partial charge in [0.2, 0.25) is 0 Å². The van der Waals surface area contributed by atoms with E-state index in [1.165, 1.54) is 44.6 Å². The number of hydrogen-bond donors (Lipinski definition) is 0. The summed E-state index contributed by atoms with van der Waals surface area (Å²) in [6.45, 7) is 28.0. The Hall–Kier alpha value is -5.81. The number of pyridine rings is 1. The van der Waals surface area contributed by atoms with Gasteiger partial charge in [0, 0.05) is 57.8 Å². The molecule has 0 saturated heterocycles. The van der Waals surface area contributed by atoms with Crippen LogP contribution >= 0.6 is 0 Å². The molecule has 0 unspecified atom stereocenters. The predicted octanol–water partition coefficient (Wildman–Crippen LogP) is 14.7. The Morgan fingerprint density at radius 1 is 0.492 bits per heavy atom. The number of fused-ring (bicyclic) bond motifs is 3. The van der Waals surface area contributed by atoms with E-state index in [0.717, 1.165) is 39.4 Å². The van der Waals surface area contributed by atoms with Crippen LogP contribution in [0.15, 0.2) is 139 Å². The summed E-state index contributed by atoms with van der Waals surface area (Å²) in [6.07, 6.45) is 4.28. The number of rotatable bonds is 6. The summed E-state index contributed by atoms with van der Waals surface area (Å²) in [4.78, 5) is 9.81. The molecule has 0 atom stereocenters. The van der Waals surface area contributed by atoms with Gasteiger partial charge in [-0.25, -0.2) is 4.98 Å². The number of nitrogens with zero attached hydrogens (tertiary/aromatic N) is 4. The first-order valence-electron chi connectivity index (χ1n) is 21.1. The van der Waals surface area contributed by atoms with Gasteiger partial charge in [0.15, 0.2) is 0 Å². The highest BCUT2D eigenvalue weighted by Gasteiger charge is 2.33. The SMILES string of the molecule is CC(C)(C)C1=CN(c2cccc(C(C)(C)C)c2)CN1c1cc(Oc2ccc3c4cc(-c5ccccc5)ccc4n(-c4cc(C(C)(C)C)ccn4)c3c2)cc(C(C)(C)C)c1. The minimum atomic E-state index is -0.100. The molecule has 0 radical (unpaired) electrons. The van der Waals surface area contributed by atoms with E-state index < -0.39 is 0 Å². The molecule has 0 spiro atoms. The van der Waals surface area contributed by atoms with Crippen LogP contribution in [0.2, 0.25) is 0 Å². The summed E-state index contributed by atoms with van der Waals surface area (Å²) in [5.74, 6) is 2.49. The van der Waals surface area contributed by atoms with Crippen LogP contribution in [0.4, 0.5) is 11.4 Å². The van der Waals surface area contributed by atoms with Gasteiger partial charge in [-0.05, 0) is 105 Å². The number of benzene rings is 5. The normalized spacial score (nSPS) is 14.1. The third kappa shape index (κ3) is 8.00. The van der Waals surface area contributed by atoms with Gasteiger partial charge in [-0.2, -0.15) is 0 Å². The third-order valence-corrected chi connectivity index (χ3v) is 11.7. The van der Waals surface area contributed by atoms with E-state index in [1.807, 2.05) is 6.20 Å². The fourth-order valence-electron chi connectivity index (χ4n) is 8.11. The molecule has 302 valence electrons. The summed E-state index contributed by atoms with van der Waals surface area (Å²) < 4.78 is 9.27. The predicted molar refractivity (Wildman–Crippen MR) is 250 cm³/mol. The molecule has 0 aliphatic carbocycles. The molecule has 0 saturated carbocycles. The average Bonchev–Trinajstić information content (AvgIpc) is 3.78. The van der Waals surface area contributed by atoms with Crippen molar-refractivity contribution in [1.82, 2.24) is 9.55 Å². The Bertz CT molecular complexity index is 2710. The fraction of sp³-hybridized carbons (Fsp3) is 0.315. The standard InChI is InChI=1S/C54H60N4O/c1-51(2,3)38-19-16-20-41(28-38)56-34-49(54(10,11)12)57(35-56)42-29-40(53(7,8)9)30-44(32-42)59-43-22-23-45-46-27-37(36-17-14-13-15-18-36)21-24-47(46)58(48(45)33-43)50-31-39(25-26-55-50)52(4,5)6/h13-34H,35H2,1-12H3. The topological polar surface area (TPSA) is 33.5 Å². The highest BCUT2D eigenvalue weighted by atomic mass is 16.5. The van der Waals surface area contributed by atoms with Crippen LogP contribution in [0.5, 0.6) is 11.5 Å². The van der Waals surface area contributed by atoms with Crippen LogP contribution in [-0.2, 0) is 16.2 Å². The van der Waals surface area contributed by atoms with E-state index in [2.05, 4.69) is 225 Å². The number of hydrogen-bond acceptors (Lipinski definition) is 4. The van der Waals surface area contributed by atoms with E-state index in [0.29, 0.717) is 6.67 Å². The van der Waals surface area contributed by atoms with Gasteiger partial charge in [-0.1, -0.05) is 132 Å². The molecular formula is C54H60N4O. The van der Waals surface area contributed by atoms with E-state index >= 15 is 0 Å². The van der Waals surface area contributed by atoms with Gasteiger partial charge in [0.05, 0.1) is 17.7 Å². The van der Waals surface area contributed by atoms with Crippen molar-refractivity contribution < 1.29 is 4.74 Å². The van der Waals surface area contributed by atoms with Crippen molar-refractivity contribution in [2.45, 2.75) is 99.3 Å². The zero-order valence-electron chi connectivity index (χ0n) is 37.1. The summed E-state index contributed by atoms with van der Waals surface area (Å²) in [6, 6.07) is 44.0. The zero-order valence-corrected chi connectivity index (χ0v) is 37.1. The quantitative estimate of drug-likeness (QED) is 0.168. The number of allylic oxidation sites excluding steroid dienone is 1. The second-order valence-electron chi connectivity index (χ2n) is 20.4. The van der Waals surface area contributed by atoms with Gasteiger partial charge in [0.25, 0.3) is 0 Å². The maximum Gasteiger partial charge on any atom is 0.137 e. The lowest BCUT2D eigenvalue weighted by atomic mass is 9.86. The second-order valence-corrected chi connectivity index (χ2v) is 20.4. The Labute approximate surface area is 352 Å². The van der Waals surface area contributed by atoms with Gasteiger partial charge < -0.3 is 14.5 Å². The van der Waals surface area contributed by atoms with E-state index in [4.69, 9.17) is 9.72 Å². The summed E-state index contributed by atoms with van der Waals surface area (Å²) in [7, 11) is 0. The van der Waals surface area contributed by atoms with E-state index in [-0.39, 0.29) is 21.7 Å². The first-order chi connectivity index (χ1) is 27.7. The Morgan fingerprint density at radius 3 is 1.88 bits per heavy atom. The largest absolute Gasteiger partial charge is 0.457 e. The van der Waals surface area contributed by atoms with Crippen LogP contribution in [0.3, 0.4) is 0 Å². The van der Waals surface area contributed by atoms with E-state index in [9.17, 15) is 0 Å². The van der Waals surface area contributed by atoms with Crippen LogP contribution in [0.25, 0.3) is 38.8 Å². The molecule has 5 nitrogen and oxygen atoms in total. The minimum absolute atomic E-state index is 0.0220. The van der Waals surface area contributed by atoms with Crippen LogP contribution in [-0.4, -0.2) is 16.2 Å². The first-order valence-corrected chi connectivity index (χ1v) is 21.1. The molecule has 1 aliphatic rings. The van der Waals surface area contributed by atoms with Crippen molar-refractivity contribution in [3.8, 4) is 28.4 Å². The molecule has 5 aromatic carbocycles. The van der Waals surface area contributed by atoms with Crippen molar-refractivity contribution in [3.05, 3.63) is 156 Å². The maximum atomic E-state index is 6.97. The summed E-state index contributed by atoms with van der Waals surface area (Å²) in [5, 5.41) is 2.34. The molecule has 3 heterocycles. The molecular weight excluding hydrogens is 721 g/mol. The molecule has 1 aliphatic heterocycles. The van der Waals surface area contributed by atoms with Crippen molar-refractivity contribution in [2.75, 3.05) is 16.5 Å². The maximum absolute atomic E-state index is 6.97. The first kappa shape index (κ1) is 40.0. The Morgan fingerprint density at radius 2 is 1.19 bits per heavy atom. The average molecular weight is 781 g/mol. The van der Waals surface area contributed by atoms with Crippen LogP contribution < -0.4 is 14.5 Å². The van der Waals surface area contributed by atoms with Crippen molar-refractivity contribution in [3.63, 3.8) is 0 Å². The van der Waals surface area contributed by atoms with Crippen molar-refractivity contribution in [1.29, 1.82) is 0 Å². The Kier molecular flexibility index (Phi) is 9.81. The Balaban J connectivity index is 1.23. The molecule has 0 N–H and O–H groups in total. The monoisotopic (exact) mass is 780 g/mol. The van der Waals surface area contributed by atoms with E-state index in [1.54, 1.807) is 0 Å². The molecule has 8 rings (SSSR count). The molecule has 5 heteroatoms. The zero-order chi connectivity index (χ0) is 42.1. The van der Waals surface area contributed by atoms with Gasteiger partial charge >= 0.3 is 0 Å². The van der Waals surface area contributed by atoms with Crippen molar-refractivity contribution in [2.24, 2.45) is 5.41 Å². The lowest BCUT2D eigenvalue weighted by Crippen LogP contribution is -2.31. The summed E-state index contributed by atoms with van der Waals surface area (Å²) >= 11 is 0. The third-order valence-electron chi connectivity index (χ3n) is 11.7. The number of ether oxygens (including phenoxy) is 1. The smallest absolute Gasteiger partial charge is 0.137 e. The lowest BCUT2D eigenvalue weighted by molar-refractivity contribution is 0.477. The highest BCUT2D eigenvalue weighted by molar-refractivity contribution is 6.10. The minimum Gasteiger partial charge on any atom is -0.457 e. The molecule has 0 bridgehead atoms.